The van der Waals surface area contributed by atoms with Crippen LogP contribution in [0.1, 0.15) is 44.2 Å². The largest absolute Gasteiger partial charge is 0.466 e. The first kappa shape index (κ1) is 18.2. The molecular weight excluding hydrogens is 300 g/mol. The van der Waals surface area contributed by atoms with Gasteiger partial charge in [-0.1, -0.05) is 74.0 Å². The van der Waals surface area contributed by atoms with Gasteiger partial charge in [0.25, 0.3) is 0 Å². The van der Waals surface area contributed by atoms with Crippen molar-refractivity contribution in [3.05, 3.63) is 71.8 Å². The minimum Gasteiger partial charge on any atom is -0.466 e. The van der Waals surface area contributed by atoms with Crippen LogP contribution in [0.4, 0.5) is 0 Å². The number of esters is 1. The van der Waals surface area contributed by atoms with E-state index in [1.165, 1.54) is 6.92 Å². The number of carbonyl (C=O) groups excluding carboxylic acids is 1. The molecule has 0 radical (unpaired) electrons. The second kappa shape index (κ2) is 8.65. The fourth-order valence-corrected chi connectivity index (χ4v) is 3.43. The molecule has 0 aliphatic heterocycles. The first-order valence-electron chi connectivity index (χ1n) is 8.53. The van der Waals surface area contributed by atoms with Crippen molar-refractivity contribution in [1.82, 2.24) is 0 Å². The molecule has 1 N–H and O–H groups in total. The van der Waals surface area contributed by atoms with Gasteiger partial charge in [-0.15, -0.1) is 0 Å². The smallest absolute Gasteiger partial charge is 0.302 e. The minimum absolute atomic E-state index is 0.224. The summed E-state index contributed by atoms with van der Waals surface area (Å²) < 4.78 is 5.06. The first-order valence-corrected chi connectivity index (χ1v) is 8.53. The van der Waals surface area contributed by atoms with Crippen LogP contribution in [0.2, 0.25) is 0 Å². The van der Waals surface area contributed by atoms with Crippen molar-refractivity contribution in [3.63, 3.8) is 0 Å². The van der Waals surface area contributed by atoms with Crippen LogP contribution in [0.5, 0.6) is 0 Å². The van der Waals surface area contributed by atoms with E-state index in [1.807, 2.05) is 36.4 Å². The summed E-state index contributed by atoms with van der Waals surface area (Å²) in [7, 11) is 0. The van der Waals surface area contributed by atoms with Gasteiger partial charge in [0.1, 0.15) is 0 Å². The van der Waals surface area contributed by atoms with Crippen LogP contribution in [-0.2, 0) is 14.9 Å². The third-order valence-electron chi connectivity index (χ3n) is 4.49. The third-order valence-corrected chi connectivity index (χ3v) is 4.49. The average Bonchev–Trinajstić information content (AvgIpc) is 2.60. The topological polar surface area (TPSA) is 46.5 Å². The van der Waals surface area contributed by atoms with Gasteiger partial charge in [-0.25, -0.2) is 0 Å². The fraction of sp³-hybridized carbons (Fsp3) is 0.381. The number of benzene rings is 2. The van der Waals surface area contributed by atoms with Gasteiger partial charge < -0.3 is 9.84 Å². The van der Waals surface area contributed by atoms with Crippen LogP contribution in [-0.4, -0.2) is 23.8 Å². The van der Waals surface area contributed by atoms with E-state index in [0.29, 0.717) is 6.42 Å². The molecule has 3 nitrogen and oxygen atoms in total. The molecule has 128 valence electrons. The lowest BCUT2D eigenvalue weighted by molar-refractivity contribution is -0.141. The Balaban J connectivity index is 2.44. The van der Waals surface area contributed by atoms with E-state index in [0.717, 1.165) is 24.0 Å². The molecule has 0 saturated carbocycles. The van der Waals surface area contributed by atoms with Crippen molar-refractivity contribution in [2.75, 3.05) is 6.61 Å². The van der Waals surface area contributed by atoms with Gasteiger partial charge in [0.15, 0.2) is 0 Å². The van der Waals surface area contributed by atoms with E-state index in [9.17, 15) is 9.90 Å². The Morgan fingerprint density at radius 3 is 1.96 bits per heavy atom. The summed E-state index contributed by atoms with van der Waals surface area (Å²) in [5.74, 6) is -0.317. The van der Waals surface area contributed by atoms with Crippen molar-refractivity contribution in [2.24, 2.45) is 0 Å². The predicted octanol–water partition coefficient (Wildman–Crippen LogP) is 4.09. The predicted molar refractivity (Wildman–Crippen MR) is 95.8 cm³/mol. The molecule has 0 bridgehead atoms. The van der Waals surface area contributed by atoms with Crippen LogP contribution in [0.3, 0.4) is 0 Å². The first-order chi connectivity index (χ1) is 11.6. The monoisotopic (exact) mass is 326 g/mol. The Kier molecular flexibility index (Phi) is 6.56. The maximum atomic E-state index is 11.1. The maximum Gasteiger partial charge on any atom is 0.302 e. The van der Waals surface area contributed by atoms with Gasteiger partial charge in [0.2, 0.25) is 0 Å². The average molecular weight is 326 g/mol. The molecule has 1 atom stereocenters. The molecule has 3 heteroatoms. The number of hydrogen-bond acceptors (Lipinski definition) is 3. The van der Waals surface area contributed by atoms with Gasteiger partial charge in [-0.05, 0) is 17.5 Å². The molecule has 0 aliphatic carbocycles. The zero-order valence-electron chi connectivity index (χ0n) is 14.4. The third kappa shape index (κ3) is 4.04. The van der Waals surface area contributed by atoms with E-state index < -0.39 is 11.5 Å². The Labute approximate surface area is 144 Å². The quantitative estimate of drug-likeness (QED) is 0.743. The highest BCUT2D eigenvalue weighted by molar-refractivity contribution is 5.65. The number of ether oxygens (including phenoxy) is 1. The molecule has 24 heavy (non-hydrogen) atoms. The maximum absolute atomic E-state index is 11.1. The minimum atomic E-state index is -0.637. The molecule has 2 rings (SSSR count). The van der Waals surface area contributed by atoms with E-state index in [-0.39, 0.29) is 12.6 Å². The van der Waals surface area contributed by atoms with Gasteiger partial charge in [0.05, 0.1) is 12.7 Å². The molecule has 2 aromatic carbocycles. The van der Waals surface area contributed by atoms with Crippen LogP contribution in [0.25, 0.3) is 0 Å². The molecule has 1 unspecified atom stereocenters. The van der Waals surface area contributed by atoms with E-state index in [1.54, 1.807) is 0 Å². The van der Waals surface area contributed by atoms with Gasteiger partial charge >= 0.3 is 5.97 Å². The van der Waals surface area contributed by atoms with Crippen LogP contribution < -0.4 is 0 Å². The van der Waals surface area contributed by atoms with Crippen LogP contribution >= 0.6 is 0 Å². The Morgan fingerprint density at radius 2 is 1.54 bits per heavy atom. The normalized spacial score (nSPS) is 12.6. The second-order valence-electron chi connectivity index (χ2n) is 6.10. The highest BCUT2D eigenvalue weighted by atomic mass is 16.5. The molecule has 0 aliphatic rings. The van der Waals surface area contributed by atoms with Crippen LogP contribution in [0, 0.1) is 0 Å². The number of hydrogen-bond donors (Lipinski definition) is 1. The van der Waals surface area contributed by atoms with E-state index in [2.05, 4.69) is 31.2 Å². The zero-order chi connectivity index (χ0) is 17.4. The van der Waals surface area contributed by atoms with E-state index in [4.69, 9.17) is 4.74 Å². The van der Waals surface area contributed by atoms with Crippen molar-refractivity contribution in [2.45, 2.75) is 44.6 Å². The summed E-state index contributed by atoms with van der Waals surface area (Å²) in [6.45, 7) is 3.74. The summed E-state index contributed by atoms with van der Waals surface area (Å²) in [4.78, 5) is 11.0. The summed E-state index contributed by atoms with van der Waals surface area (Å²) in [6.07, 6.45) is 1.53. The van der Waals surface area contributed by atoms with Crippen molar-refractivity contribution in [3.8, 4) is 0 Å². The van der Waals surface area contributed by atoms with Crippen molar-refractivity contribution < 1.29 is 14.6 Å². The standard InChI is InChI=1S/C21H26O3/c1-3-15-21(18-10-6-4-7-11-18,19-12-8-5-9-13-19)20(23)14-16-24-17(2)22/h4-13,20,23H,3,14-16H2,1-2H3. The Hall–Kier alpha value is -2.13. The highest BCUT2D eigenvalue weighted by Gasteiger charge is 2.40. The van der Waals surface area contributed by atoms with Gasteiger partial charge in [-0.3, -0.25) is 4.79 Å². The number of aliphatic hydroxyl groups excluding tert-OH is 1. The summed E-state index contributed by atoms with van der Waals surface area (Å²) in [6, 6.07) is 20.2. The SMILES string of the molecule is CCCC(c1ccccc1)(c1ccccc1)C(O)CCOC(C)=O. The molecule has 0 heterocycles. The van der Waals surface area contributed by atoms with E-state index >= 15 is 0 Å². The molecule has 0 aromatic heterocycles. The molecule has 0 amide bonds. The fourth-order valence-electron chi connectivity index (χ4n) is 3.43. The molecule has 2 aromatic rings. The Morgan fingerprint density at radius 1 is 1.04 bits per heavy atom. The summed E-state index contributed by atoms with van der Waals surface area (Å²) in [5, 5.41) is 11.1. The number of rotatable bonds is 8. The zero-order valence-corrected chi connectivity index (χ0v) is 14.4. The van der Waals surface area contributed by atoms with Gasteiger partial charge in [0, 0.05) is 18.8 Å². The summed E-state index contributed by atoms with van der Waals surface area (Å²) >= 11 is 0. The summed E-state index contributed by atoms with van der Waals surface area (Å²) in [5.41, 5.74) is 1.68. The van der Waals surface area contributed by atoms with Gasteiger partial charge in [-0.2, -0.15) is 0 Å². The lowest BCUT2D eigenvalue weighted by Gasteiger charge is -2.39. The highest BCUT2D eigenvalue weighted by Crippen LogP contribution is 2.41. The lowest BCUT2D eigenvalue weighted by atomic mass is 9.67. The molecular formula is C21H26O3. The number of aliphatic hydroxyl groups is 1. The molecule has 0 fully saturated rings. The van der Waals surface area contributed by atoms with Crippen LogP contribution in [0.15, 0.2) is 60.7 Å². The lowest BCUT2D eigenvalue weighted by Crippen LogP contribution is -2.41. The van der Waals surface area contributed by atoms with Crippen molar-refractivity contribution >= 4 is 5.97 Å². The van der Waals surface area contributed by atoms with Crippen molar-refractivity contribution in [1.29, 1.82) is 0 Å². The second-order valence-corrected chi connectivity index (χ2v) is 6.10. The molecule has 0 saturated heterocycles. The number of carbonyl (C=O) groups is 1. The Bertz CT molecular complexity index is 583. The molecule has 0 spiro atoms.